The van der Waals surface area contributed by atoms with Crippen molar-refractivity contribution in [3.8, 4) is 0 Å². The van der Waals surface area contributed by atoms with E-state index >= 15 is 0 Å². The van der Waals surface area contributed by atoms with Crippen molar-refractivity contribution in [2.45, 2.75) is 13.5 Å². The van der Waals surface area contributed by atoms with Crippen molar-refractivity contribution in [3.05, 3.63) is 59.4 Å². The third kappa shape index (κ3) is 2.32. The van der Waals surface area contributed by atoms with E-state index in [2.05, 4.69) is 4.98 Å². The number of aromatic nitrogens is 2. The zero-order chi connectivity index (χ0) is 13.9. The molecule has 0 spiro atoms. The molecule has 0 fully saturated rings. The zero-order valence-electron chi connectivity index (χ0n) is 11.2. The van der Waals surface area contributed by atoms with E-state index < -0.39 is 0 Å². The van der Waals surface area contributed by atoms with Crippen LogP contribution >= 0.6 is 11.3 Å². The molecule has 0 atom stereocenters. The summed E-state index contributed by atoms with van der Waals surface area (Å²) in [6, 6.07) is 10.0. The number of amides is 1. The van der Waals surface area contributed by atoms with Crippen molar-refractivity contribution in [2.75, 3.05) is 6.54 Å². The third-order valence-corrected chi connectivity index (χ3v) is 4.10. The summed E-state index contributed by atoms with van der Waals surface area (Å²) in [5.41, 5.74) is 1.82. The Balaban J connectivity index is 1.86. The Hall–Kier alpha value is -2.14. The van der Waals surface area contributed by atoms with Crippen LogP contribution in [0.4, 0.5) is 0 Å². The Kier molecular flexibility index (Phi) is 3.52. The molecule has 3 rings (SSSR count). The summed E-state index contributed by atoms with van der Waals surface area (Å²) in [5.74, 6) is 0.0422. The minimum Gasteiger partial charge on any atom is -0.333 e. The monoisotopic (exact) mass is 285 g/mol. The number of thiazole rings is 1. The Bertz CT molecular complexity index is 717. The van der Waals surface area contributed by atoms with Gasteiger partial charge >= 0.3 is 0 Å². The van der Waals surface area contributed by atoms with Crippen molar-refractivity contribution < 1.29 is 4.79 Å². The SMILES string of the molecule is CCN(Cc1ccccc1)C(=O)c1csc2nccn12. The number of imidazole rings is 1. The maximum absolute atomic E-state index is 12.6. The fourth-order valence-electron chi connectivity index (χ4n) is 2.17. The first-order valence-electron chi connectivity index (χ1n) is 6.53. The predicted molar refractivity (Wildman–Crippen MR) is 79.9 cm³/mol. The second kappa shape index (κ2) is 5.46. The maximum Gasteiger partial charge on any atom is 0.272 e. The summed E-state index contributed by atoms with van der Waals surface area (Å²) < 4.78 is 1.85. The van der Waals surface area contributed by atoms with E-state index in [0.717, 1.165) is 10.5 Å². The molecule has 0 aliphatic rings. The van der Waals surface area contributed by atoms with E-state index in [1.165, 1.54) is 11.3 Å². The van der Waals surface area contributed by atoms with E-state index in [4.69, 9.17) is 0 Å². The molecule has 2 heterocycles. The highest BCUT2D eigenvalue weighted by atomic mass is 32.1. The molecule has 1 aromatic carbocycles. The highest BCUT2D eigenvalue weighted by Gasteiger charge is 2.18. The van der Waals surface area contributed by atoms with Crippen LogP contribution in [-0.4, -0.2) is 26.7 Å². The Morgan fingerprint density at radius 1 is 1.35 bits per heavy atom. The fraction of sp³-hybridized carbons (Fsp3) is 0.200. The molecule has 0 unspecified atom stereocenters. The van der Waals surface area contributed by atoms with Crippen LogP contribution in [0.5, 0.6) is 0 Å². The molecule has 20 heavy (non-hydrogen) atoms. The van der Waals surface area contributed by atoms with Gasteiger partial charge < -0.3 is 4.90 Å². The first kappa shape index (κ1) is 12.9. The number of carbonyl (C=O) groups excluding carboxylic acids is 1. The molecule has 0 saturated heterocycles. The van der Waals surface area contributed by atoms with E-state index in [9.17, 15) is 4.79 Å². The quantitative estimate of drug-likeness (QED) is 0.739. The van der Waals surface area contributed by atoms with Gasteiger partial charge in [0.15, 0.2) is 4.96 Å². The van der Waals surface area contributed by atoms with Crippen molar-refractivity contribution in [1.29, 1.82) is 0 Å². The summed E-state index contributed by atoms with van der Waals surface area (Å²) in [6.45, 7) is 3.31. The predicted octanol–water partition coefficient (Wildman–Crippen LogP) is 3.06. The lowest BCUT2D eigenvalue weighted by Gasteiger charge is -2.20. The van der Waals surface area contributed by atoms with Gasteiger partial charge in [0, 0.05) is 30.9 Å². The third-order valence-electron chi connectivity index (χ3n) is 3.25. The van der Waals surface area contributed by atoms with Gasteiger partial charge in [-0.25, -0.2) is 4.98 Å². The van der Waals surface area contributed by atoms with Crippen LogP contribution in [0.2, 0.25) is 0 Å². The Morgan fingerprint density at radius 2 is 2.15 bits per heavy atom. The van der Waals surface area contributed by atoms with E-state index in [1.807, 2.05) is 58.1 Å². The minimum atomic E-state index is 0.0422. The second-order valence-corrected chi connectivity index (χ2v) is 5.34. The summed E-state index contributed by atoms with van der Waals surface area (Å²) in [7, 11) is 0. The van der Waals surface area contributed by atoms with Gasteiger partial charge in [-0.1, -0.05) is 30.3 Å². The van der Waals surface area contributed by atoms with Gasteiger partial charge in [0.25, 0.3) is 5.91 Å². The van der Waals surface area contributed by atoms with Crippen molar-refractivity contribution in [2.24, 2.45) is 0 Å². The van der Waals surface area contributed by atoms with Gasteiger partial charge in [-0.3, -0.25) is 9.20 Å². The molecule has 0 saturated carbocycles. The minimum absolute atomic E-state index is 0.0422. The molecule has 1 amide bonds. The number of nitrogens with zero attached hydrogens (tertiary/aromatic N) is 3. The second-order valence-electron chi connectivity index (χ2n) is 4.51. The molecule has 2 aromatic heterocycles. The highest BCUT2D eigenvalue weighted by Crippen LogP contribution is 2.17. The first-order valence-corrected chi connectivity index (χ1v) is 7.41. The largest absolute Gasteiger partial charge is 0.333 e. The average molecular weight is 285 g/mol. The molecule has 0 bridgehead atoms. The van der Waals surface area contributed by atoms with Gasteiger partial charge in [-0.15, -0.1) is 11.3 Å². The number of benzene rings is 1. The maximum atomic E-state index is 12.6. The normalized spacial score (nSPS) is 10.8. The number of hydrogen-bond acceptors (Lipinski definition) is 3. The molecule has 4 nitrogen and oxygen atoms in total. The van der Waals surface area contributed by atoms with Gasteiger partial charge in [-0.05, 0) is 12.5 Å². The standard InChI is InChI=1S/C15H15N3OS/c1-2-17(10-12-6-4-3-5-7-12)14(19)13-11-20-15-16-8-9-18(13)15/h3-9,11H,2,10H2,1H3. The molecule has 0 aliphatic heterocycles. The van der Waals surface area contributed by atoms with E-state index in [0.29, 0.717) is 18.8 Å². The zero-order valence-corrected chi connectivity index (χ0v) is 12.0. The van der Waals surface area contributed by atoms with E-state index in [1.54, 1.807) is 6.20 Å². The molecule has 5 heteroatoms. The topological polar surface area (TPSA) is 37.6 Å². The number of rotatable bonds is 4. The summed E-state index contributed by atoms with van der Waals surface area (Å²) in [4.78, 5) is 19.5. The van der Waals surface area contributed by atoms with Gasteiger partial charge in [0.2, 0.25) is 0 Å². The molecule has 3 aromatic rings. The molecular weight excluding hydrogens is 270 g/mol. The molecule has 102 valence electrons. The smallest absolute Gasteiger partial charge is 0.272 e. The van der Waals surface area contributed by atoms with Crippen LogP contribution in [0.3, 0.4) is 0 Å². The molecule has 0 aliphatic carbocycles. The van der Waals surface area contributed by atoms with Crippen molar-refractivity contribution in [1.82, 2.24) is 14.3 Å². The molecule has 0 radical (unpaired) electrons. The van der Waals surface area contributed by atoms with Gasteiger partial charge in [0.05, 0.1) is 0 Å². The first-order chi connectivity index (χ1) is 9.79. The Labute approximate surface area is 121 Å². The van der Waals surface area contributed by atoms with E-state index in [-0.39, 0.29) is 5.91 Å². The fourth-order valence-corrected chi connectivity index (χ4v) is 3.00. The van der Waals surface area contributed by atoms with Crippen molar-refractivity contribution in [3.63, 3.8) is 0 Å². The Morgan fingerprint density at radius 3 is 2.90 bits per heavy atom. The van der Waals surface area contributed by atoms with Crippen LogP contribution in [0.15, 0.2) is 48.1 Å². The summed E-state index contributed by atoms with van der Waals surface area (Å²) in [6.07, 6.45) is 3.55. The number of hydrogen-bond donors (Lipinski definition) is 0. The lowest BCUT2D eigenvalue weighted by molar-refractivity contribution is 0.0746. The molecule has 0 N–H and O–H groups in total. The highest BCUT2D eigenvalue weighted by molar-refractivity contribution is 7.15. The van der Waals surface area contributed by atoms with Crippen LogP contribution in [0, 0.1) is 0 Å². The van der Waals surface area contributed by atoms with Gasteiger partial charge in [0.1, 0.15) is 5.69 Å². The van der Waals surface area contributed by atoms with Crippen LogP contribution in [0.25, 0.3) is 4.96 Å². The number of carbonyl (C=O) groups is 1. The average Bonchev–Trinajstić information content (AvgIpc) is 3.08. The molecular formula is C15H15N3OS. The van der Waals surface area contributed by atoms with Crippen molar-refractivity contribution >= 4 is 22.2 Å². The van der Waals surface area contributed by atoms with Crippen LogP contribution in [0.1, 0.15) is 23.0 Å². The van der Waals surface area contributed by atoms with Crippen LogP contribution < -0.4 is 0 Å². The summed E-state index contributed by atoms with van der Waals surface area (Å²) >= 11 is 1.49. The number of fused-ring (bicyclic) bond motifs is 1. The lowest BCUT2D eigenvalue weighted by atomic mass is 10.2. The van der Waals surface area contributed by atoms with Crippen LogP contribution in [-0.2, 0) is 6.54 Å². The van der Waals surface area contributed by atoms with Gasteiger partial charge in [-0.2, -0.15) is 0 Å². The lowest BCUT2D eigenvalue weighted by Crippen LogP contribution is -2.31. The summed E-state index contributed by atoms with van der Waals surface area (Å²) in [5, 5.41) is 1.87.